The lowest BCUT2D eigenvalue weighted by Crippen LogP contribution is -2.20. The fourth-order valence-corrected chi connectivity index (χ4v) is 0.614. The Labute approximate surface area is 57.5 Å². The van der Waals surface area contributed by atoms with Gasteiger partial charge in [-0.25, -0.2) is 5.26 Å². The van der Waals surface area contributed by atoms with Crippen LogP contribution in [0.2, 0.25) is 0 Å². The standard InChI is InChI=1S/C4H8N4O2/c9-10-8-7-3-4-5-1-2-6-4/h3,8-9H,1-2H2,(H,5,6)/b7-3+. The minimum atomic E-state index is 0.685. The van der Waals surface area contributed by atoms with Crippen molar-refractivity contribution in [2.75, 3.05) is 13.1 Å². The monoisotopic (exact) mass is 144 g/mol. The molecule has 0 radical (unpaired) electrons. The van der Waals surface area contributed by atoms with E-state index in [2.05, 4.69) is 20.4 Å². The maximum atomic E-state index is 7.76. The minimum Gasteiger partial charge on any atom is -0.367 e. The summed E-state index contributed by atoms with van der Waals surface area (Å²) in [5.74, 6) is 0.685. The fraction of sp³-hybridized carbons (Fsp3) is 0.500. The van der Waals surface area contributed by atoms with Crippen molar-refractivity contribution < 1.29 is 10.2 Å². The highest BCUT2D eigenvalue weighted by molar-refractivity contribution is 6.29. The lowest BCUT2D eigenvalue weighted by molar-refractivity contribution is -0.291. The zero-order chi connectivity index (χ0) is 7.23. The second-order valence-corrected chi connectivity index (χ2v) is 1.63. The summed E-state index contributed by atoms with van der Waals surface area (Å²) in [5.41, 5.74) is 1.88. The first-order valence-electron chi connectivity index (χ1n) is 2.80. The molecule has 0 saturated heterocycles. The van der Waals surface area contributed by atoms with Crippen LogP contribution in [0.3, 0.4) is 0 Å². The van der Waals surface area contributed by atoms with E-state index in [0.717, 1.165) is 13.1 Å². The number of hydrogen-bond acceptors (Lipinski definition) is 6. The van der Waals surface area contributed by atoms with E-state index < -0.39 is 0 Å². The Morgan fingerprint density at radius 2 is 2.80 bits per heavy atom. The van der Waals surface area contributed by atoms with Crippen molar-refractivity contribution in [1.82, 2.24) is 10.9 Å². The van der Waals surface area contributed by atoms with E-state index in [1.54, 1.807) is 0 Å². The van der Waals surface area contributed by atoms with Gasteiger partial charge in [0.25, 0.3) is 0 Å². The predicted molar refractivity (Wildman–Crippen MR) is 35.6 cm³/mol. The maximum Gasteiger partial charge on any atom is 0.141 e. The first-order valence-corrected chi connectivity index (χ1v) is 2.80. The molecular weight excluding hydrogens is 136 g/mol. The Kier molecular flexibility index (Phi) is 2.65. The zero-order valence-corrected chi connectivity index (χ0v) is 5.24. The SMILES string of the molecule is OON/N=C/C1=NCCN1. The van der Waals surface area contributed by atoms with Gasteiger partial charge in [-0.3, -0.25) is 4.99 Å². The van der Waals surface area contributed by atoms with Gasteiger partial charge in [-0.05, 0) is 0 Å². The summed E-state index contributed by atoms with van der Waals surface area (Å²) in [6.45, 7) is 1.60. The molecule has 0 aromatic heterocycles. The zero-order valence-electron chi connectivity index (χ0n) is 5.24. The van der Waals surface area contributed by atoms with Crippen LogP contribution in [0, 0.1) is 0 Å². The minimum absolute atomic E-state index is 0.685. The molecule has 1 aliphatic rings. The van der Waals surface area contributed by atoms with Gasteiger partial charge in [0.05, 0.1) is 12.8 Å². The molecule has 10 heavy (non-hydrogen) atoms. The van der Waals surface area contributed by atoms with Crippen molar-refractivity contribution in [1.29, 1.82) is 0 Å². The molecule has 0 aromatic carbocycles. The van der Waals surface area contributed by atoms with Gasteiger partial charge in [-0.1, -0.05) is 4.99 Å². The summed E-state index contributed by atoms with van der Waals surface area (Å²) in [7, 11) is 0. The molecule has 1 rings (SSSR count). The van der Waals surface area contributed by atoms with E-state index >= 15 is 0 Å². The van der Waals surface area contributed by atoms with E-state index in [-0.39, 0.29) is 0 Å². The van der Waals surface area contributed by atoms with Crippen LogP contribution >= 0.6 is 0 Å². The summed E-state index contributed by atoms with van der Waals surface area (Å²) in [4.78, 5) is 7.46. The van der Waals surface area contributed by atoms with E-state index in [1.165, 1.54) is 6.21 Å². The number of hydrogen-bond donors (Lipinski definition) is 3. The quantitative estimate of drug-likeness (QED) is 0.269. The van der Waals surface area contributed by atoms with Gasteiger partial charge in [-0.2, -0.15) is 10.7 Å². The number of aliphatic imine (C=N–C) groups is 1. The number of nitrogens with one attached hydrogen (secondary N) is 2. The molecule has 0 spiro atoms. The average Bonchev–Trinajstić information content (AvgIpc) is 2.41. The average molecular weight is 144 g/mol. The molecule has 0 saturated carbocycles. The molecule has 0 amide bonds. The molecule has 1 heterocycles. The van der Waals surface area contributed by atoms with Crippen LogP contribution in [0.1, 0.15) is 0 Å². The first-order chi connectivity index (χ1) is 4.93. The number of nitrogens with zero attached hydrogens (tertiary/aromatic N) is 2. The third kappa shape index (κ3) is 2.00. The second kappa shape index (κ2) is 3.80. The molecule has 3 N–H and O–H groups in total. The van der Waals surface area contributed by atoms with Gasteiger partial charge in [-0.15, -0.1) is 0 Å². The Bertz CT molecular complexity index is 155. The smallest absolute Gasteiger partial charge is 0.141 e. The summed E-state index contributed by atoms with van der Waals surface area (Å²) >= 11 is 0. The molecular formula is C4H8N4O2. The van der Waals surface area contributed by atoms with Gasteiger partial charge >= 0.3 is 0 Å². The number of rotatable bonds is 3. The van der Waals surface area contributed by atoms with Crippen LogP contribution in [0.25, 0.3) is 0 Å². The second-order valence-electron chi connectivity index (χ2n) is 1.63. The fourth-order valence-electron chi connectivity index (χ4n) is 0.614. The Hall–Kier alpha value is -1.14. The van der Waals surface area contributed by atoms with Crippen LogP contribution in [0.4, 0.5) is 0 Å². The summed E-state index contributed by atoms with van der Waals surface area (Å²) in [6, 6.07) is 0. The lowest BCUT2D eigenvalue weighted by Gasteiger charge is -1.91. The van der Waals surface area contributed by atoms with Crippen molar-refractivity contribution in [3.05, 3.63) is 0 Å². The van der Waals surface area contributed by atoms with Crippen molar-refractivity contribution in [2.24, 2.45) is 10.1 Å². The molecule has 0 unspecified atom stereocenters. The van der Waals surface area contributed by atoms with Crippen molar-refractivity contribution in [3.63, 3.8) is 0 Å². The normalized spacial score (nSPS) is 17.1. The molecule has 0 aromatic rings. The highest BCUT2D eigenvalue weighted by Crippen LogP contribution is 1.80. The highest BCUT2D eigenvalue weighted by atomic mass is 17.2. The van der Waals surface area contributed by atoms with Crippen LogP contribution in [-0.4, -0.2) is 30.4 Å². The topological polar surface area (TPSA) is 78.2 Å². The summed E-state index contributed by atoms with van der Waals surface area (Å²) in [5, 5.41) is 14.1. The molecule has 0 aliphatic carbocycles. The van der Waals surface area contributed by atoms with Crippen molar-refractivity contribution in [3.8, 4) is 0 Å². The van der Waals surface area contributed by atoms with Gasteiger partial charge < -0.3 is 5.32 Å². The van der Waals surface area contributed by atoms with Crippen LogP contribution in [0.5, 0.6) is 0 Å². The summed E-state index contributed by atoms with van der Waals surface area (Å²) < 4.78 is 0. The van der Waals surface area contributed by atoms with Gasteiger partial charge in [0.2, 0.25) is 0 Å². The molecule has 0 bridgehead atoms. The number of amidine groups is 1. The largest absolute Gasteiger partial charge is 0.367 e. The van der Waals surface area contributed by atoms with Crippen LogP contribution < -0.4 is 10.9 Å². The Morgan fingerprint density at radius 3 is 3.40 bits per heavy atom. The Morgan fingerprint density at radius 1 is 1.90 bits per heavy atom. The number of hydrazone groups is 1. The van der Waals surface area contributed by atoms with Crippen molar-refractivity contribution in [2.45, 2.75) is 0 Å². The van der Waals surface area contributed by atoms with Crippen LogP contribution in [-0.2, 0) is 4.99 Å². The first kappa shape index (κ1) is 6.97. The van der Waals surface area contributed by atoms with Crippen LogP contribution in [0.15, 0.2) is 10.1 Å². The van der Waals surface area contributed by atoms with E-state index in [9.17, 15) is 0 Å². The van der Waals surface area contributed by atoms with Gasteiger partial charge in [0.1, 0.15) is 5.84 Å². The molecule has 6 heteroatoms. The van der Waals surface area contributed by atoms with Gasteiger partial charge in [0, 0.05) is 6.54 Å². The highest BCUT2D eigenvalue weighted by Gasteiger charge is 1.99. The predicted octanol–water partition coefficient (Wildman–Crippen LogP) is -1.03. The third-order valence-corrected chi connectivity index (χ3v) is 0.980. The molecule has 0 fully saturated rings. The van der Waals surface area contributed by atoms with E-state index in [0.29, 0.717) is 5.84 Å². The third-order valence-electron chi connectivity index (χ3n) is 0.980. The molecule has 1 aliphatic heterocycles. The maximum absolute atomic E-state index is 7.76. The molecule has 6 nitrogen and oxygen atoms in total. The van der Waals surface area contributed by atoms with E-state index in [4.69, 9.17) is 5.26 Å². The van der Waals surface area contributed by atoms with E-state index in [1.807, 2.05) is 5.59 Å². The van der Waals surface area contributed by atoms with Gasteiger partial charge in [0.15, 0.2) is 0 Å². The lowest BCUT2D eigenvalue weighted by atomic mass is 10.6. The Balaban J connectivity index is 2.23. The van der Waals surface area contributed by atoms with Crippen molar-refractivity contribution >= 4 is 12.1 Å². The molecule has 0 atom stereocenters. The summed E-state index contributed by atoms with van der Waals surface area (Å²) in [6.07, 6.45) is 1.42. The molecule has 56 valence electrons.